The lowest BCUT2D eigenvalue weighted by Gasteiger charge is -2.12. The van der Waals surface area contributed by atoms with Crippen molar-refractivity contribution in [2.24, 2.45) is 0 Å². The average Bonchev–Trinajstić information content (AvgIpc) is 2.88. The Morgan fingerprint density at radius 2 is 2.17 bits per heavy atom. The minimum absolute atomic E-state index is 0.150. The van der Waals surface area contributed by atoms with Crippen molar-refractivity contribution < 1.29 is 14.4 Å². The Labute approximate surface area is 147 Å². The summed E-state index contributed by atoms with van der Waals surface area (Å²) < 4.78 is 0. The molecule has 0 saturated carbocycles. The monoisotopic (exact) mass is 364 g/mol. The molecule has 9 heteroatoms. The summed E-state index contributed by atoms with van der Waals surface area (Å²) in [4.78, 5) is 36.0. The first-order chi connectivity index (χ1) is 11.5. The fraction of sp³-hybridized carbons (Fsp3) is 0.200. The van der Waals surface area contributed by atoms with Crippen molar-refractivity contribution in [1.29, 1.82) is 5.26 Å². The number of nitrogens with one attached hydrogen (secondary N) is 2. The van der Waals surface area contributed by atoms with E-state index in [2.05, 4.69) is 10.6 Å². The molecule has 1 aromatic carbocycles. The molecule has 24 heavy (non-hydrogen) atoms. The SMILES string of the molecule is N#C/C(=C/NCCN1C(=O)CSC1=O)C(=O)Nc1ccccc1Cl. The van der Waals surface area contributed by atoms with Gasteiger partial charge >= 0.3 is 0 Å². The number of anilines is 1. The molecular weight excluding hydrogens is 352 g/mol. The number of carbonyl (C=O) groups is 3. The summed E-state index contributed by atoms with van der Waals surface area (Å²) in [7, 11) is 0. The molecule has 124 valence electrons. The van der Waals surface area contributed by atoms with E-state index in [-0.39, 0.29) is 35.6 Å². The van der Waals surface area contributed by atoms with Crippen LogP contribution in [0, 0.1) is 11.3 Å². The van der Waals surface area contributed by atoms with Crippen LogP contribution in [0.5, 0.6) is 0 Å². The van der Waals surface area contributed by atoms with Crippen LogP contribution in [0.3, 0.4) is 0 Å². The van der Waals surface area contributed by atoms with E-state index in [1.165, 1.54) is 6.20 Å². The molecule has 0 bridgehead atoms. The van der Waals surface area contributed by atoms with Crippen LogP contribution in [-0.4, -0.2) is 40.8 Å². The van der Waals surface area contributed by atoms with Crippen molar-refractivity contribution in [2.75, 3.05) is 24.2 Å². The van der Waals surface area contributed by atoms with E-state index in [9.17, 15) is 14.4 Å². The molecule has 1 aliphatic rings. The first-order valence-electron chi connectivity index (χ1n) is 6.89. The number of hydrogen-bond acceptors (Lipinski definition) is 6. The molecular formula is C15H13ClN4O3S. The van der Waals surface area contributed by atoms with E-state index in [0.717, 1.165) is 16.7 Å². The Hall–Kier alpha value is -2.50. The number of hydrogen-bond donors (Lipinski definition) is 2. The molecule has 1 aliphatic heterocycles. The Balaban J connectivity index is 1.88. The van der Waals surface area contributed by atoms with E-state index in [4.69, 9.17) is 16.9 Å². The molecule has 0 spiro atoms. The van der Waals surface area contributed by atoms with Crippen LogP contribution in [-0.2, 0) is 9.59 Å². The van der Waals surface area contributed by atoms with Crippen molar-refractivity contribution >= 4 is 46.1 Å². The van der Waals surface area contributed by atoms with Crippen molar-refractivity contribution in [3.63, 3.8) is 0 Å². The number of amides is 3. The third-order valence-corrected chi connectivity index (χ3v) is 4.24. The van der Waals surface area contributed by atoms with Gasteiger partial charge in [0.1, 0.15) is 11.6 Å². The maximum atomic E-state index is 12.0. The highest BCUT2D eigenvalue weighted by atomic mass is 35.5. The van der Waals surface area contributed by atoms with Gasteiger partial charge in [-0.15, -0.1) is 0 Å². The van der Waals surface area contributed by atoms with Gasteiger partial charge in [-0.25, -0.2) is 0 Å². The van der Waals surface area contributed by atoms with E-state index >= 15 is 0 Å². The number of halogens is 1. The van der Waals surface area contributed by atoms with Crippen LogP contribution in [0.4, 0.5) is 10.5 Å². The van der Waals surface area contributed by atoms with Crippen LogP contribution < -0.4 is 10.6 Å². The maximum Gasteiger partial charge on any atom is 0.288 e. The first kappa shape index (κ1) is 17.8. The lowest BCUT2D eigenvalue weighted by atomic mass is 10.2. The zero-order chi connectivity index (χ0) is 17.5. The lowest BCUT2D eigenvalue weighted by molar-refractivity contribution is -0.124. The van der Waals surface area contributed by atoms with Crippen molar-refractivity contribution in [1.82, 2.24) is 10.2 Å². The number of carbonyl (C=O) groups excluding carboxylic acids is 3. The molecule has 0 radical (unpaired) electrons. The van der Waals surface area contributed by atoms with Crippen molar-refractivity contribution in [2.45, 2.75) is 0 Å². The molecule has 3 amide bonds. The van der Waals surface area contributed by atoms with Gasteiger partial charge in [-0.1, -0.05) is 35.5 Å². The first-order valence-corrected chi connectivity index (χ1v) is 8.26. The van der Waals surface area contributed by atoms with Gasteiger partial charge in [-0.2, -0.15) is 5.26 Å². The number of nitrogens with zero attached hydrogens (tertiary/aromatic N) is 2. The molecule has 1 heterocycles. The van der Waals surface area contributed by atoms with Crippen LogP contribution in [0.25, 0.3) is 0 Å². The Bertz CT molecular complexity index is 728. The maximum absolute atomic E-state index is 12.0. The lowest BCUT2D eigenvalue weighted by Crippen LogP contribution is -2.34. The van der Waals surface area contributed by atoms with E-state index in [0.29, 0.717) is 10.7 Å². The summed E-state index contributed by atoms with van der Waals surface area (Å²) in [6.45, 7) is 0.411. The highest BCUT2D eigenvalue weighted by Gasteiger charge is 2.28. The molecule has 1 saturated heterocycles. The molecule has 7 nitrogen and oxygen atoms in total. The van der Waals surface area contributed by atoms with E-state index in [1.54, 1.807) is 30.3 Å². The molecule has 0 unspecified atom stereocenters. The zero-order valence-electron chi connectivity index (χ0n) is 12.4. The topological polar surface area (TPSA) is 102 Å². The highest BCUT2D eigenvalue weighted by molar-refractivity contribution is 8.14. The minimum Gasteiger partial charge on any atom is -0.388 e. The molecule has 0 aromatic heterocycles. The average molecular weight is 365 g/mol. The van der Waals surface area contributed by atoms with Crippen molar-refractivity contribution in [3.8, 4) is 6.07 Å². The summed E-state index contributed by atoms with van der Waals surface area (Å²) in [5, 5.41) is 14.4. The summed E-state index contributed by atoms with van der Waals surface area (Å²) in [6, 6.07) is 8.44. The van der Waals surface area contributed by atoms with Crippen LogP contribution >= 0.6 is 23.4 Å². The number of thioether (sulfide) groups is 1. The second kappa shape index (κ2) is 8.38. The smallest absolute Gasteiger partial charge is 0.288 e. The van der Waals surface area contributed by atoms with Gasteiger partial charge in [0.25, 0.3) is 11.1 Å². The summed E-state index contributed by atoms with van der Waals surface area (Å²) in [5.41, 5.74) is 0.249. The number of para-hydroxylation sites is 1. The van der Waals surface area contributed by atoms with E-state index in [1.807, 2.05) is 0 Å². The fourth-order valence-corrected chi connectivity index (χ4v) is 2.78. The second-order valence-electron chi connectivity index (χ2n) is 4.66. The van der Waals surface area contributed by atoms with Crippen LogP contribution in [0.15, 0.2) is 36.0 Å². The minimum atomic E-state index is -0.609. The molecule has 0 atom stereocenters. The predicted molar refractivity (Wildman–Crippen MR) is 91.3 cm³/mol. The summed E-state index contributed by atoms with van der Waals surface area (Å²) >= 11 is 6.89. The van der Waals surface area contributed by atoms with Crippen molar-refractivity contribution in [3.05, 3.63) is 41.1 Å². The third-order valence-electron chi connectivity index (χ3n) is 3.05. The second-order valence-corrected chi connectivity index (χ2v) is 5.99. The number of imide groups is 1. The van der Waals surface area contributed by atoms with Gasteiger partial charge in [0.15, 0.2) is 0 Å². The highest BCUT2D eigenvalue weighted by Crippen LogP contribution is 2.21. The van der Waals surface area contributed by atoms with Crippen LogP contribution in [0.2, 0.25) is 5.02 Å². The number of nitriles is 1. The van der Waals surface area contributed by atoms with E-state index < -0.39 is 5.91 Å². The van der Waals surface area contributed by atoms with Gasteiger partial charge in [0, 0.05) is 19.3 Å². The Morgan fingerprint density at radius 1 is 1.42 bits per heavy atom. The predicted octanol–water partition coefficient (Wildman–Crippen LogP) is 1.97. The van der Waals surface area contributed by atoms with Gasteiger partial charge in [0.2, 0.25) is 5.91 Å². The zero-order valence-corrected chi connectivity index (χ0v) is 14.0. The van der Waals surface area contributed by atoms with Gasteiger partial charge in [0.05, 0.1) is 16.5 Å². The molecule has 2 rings (SSSR count). The van der Waals surface area contributed by atoms with Crippen LogP contribution in [0.1, 0.15) is 0 Å². The normalized spacial score (nSPS) is 14.5. The van der Waals surface area contributed by atoms with Gasteiger partial charge < -0.3 is 10.6 Å². The molecule has 2 N–H and O–H groups in total. The Kier molecular flexibility index (Phi) is 6.23. The quantitative estimate of drug-likeness (QED) is 0.454. The molecule has 1 fully saturated rings. The Morgan fingerprint density at radius 3 is 2.79 bits per heavy atom. The third kappa shape index (κ3) is 4.50. The fourth-order valence-electron chi connectivity index (χ4n) is 1.85. The van der Waals surface area contributed by atoms with Gasteiger partial charge in [-0.3, -0.25) is 19.3 Å². The van der Waals surface area contributed by atoms with Gasteiger partial charge in [-0.05, 0) is 12.1 Å². The standard InChI is InChI=1S/C15H13ClN4O3S/c16-11-3-1-2-4-12(11)19-14(22)10(7-17)8-18-5-6-20-13(21)9-24-15(20)23/h1-4,8,18H,5-6,9H2,(H,19,22)/b10-8-. The largest absolute Gasteiger partial charge is 0.388 e. The summed E-state index contributed by atoms with van der Waals surface area (Å²) in [5.74, 6) is -0.701. The number of benzene rings is 1. The number of rotatable bonds is 6. The molecule has 0 aliphatic carbocycles. The summed E-state index contributed by atoms with van der Waals surface area (Å²) in [6.07, 6.45) is 1.24. The molecule has 1 aromatic rings.